The number of rotatable bonds is 7. The molecular weight excluding hydrogens is 524 g/mol. The molecule has 2 aromatic carbocycles. The first-order chi connectivity index (χ1) is 17.9. The van der Waals surface area contributed by atoms with Gasteiger partial charge in [-0.1, -0.05) is 24.3 Å². The van der Waals surface area contributed by atoms with Gasteiger partial charge in [-0.2, -0.15) is 15.0 Å². The minimum atomic E-state index is -4.37. The highest BCUT2D eigenvalue weighted by molar-refractivity contribution is 7.90. The number of carbonyl (C=O) groups excluding carboxylic acids is 2. The lowest BCUT2D eigenvalue weighted by atomic mass is 10.2. The molecule has 3 rings (SSSR count). The topological polar surface area (TPSA) is 204 Å². The second-order valence-corrected chi connectivity index (χ2v) is 8.86. The number of aromatic nitrogens is 3. The van der Waals surface area contributed by atoms with Crippen molar-refractivity contribution in [1.29, 1.82) is 0 Å². The number of aryl methyl sites for hydroxylation is 1. The van der Waals surface area contributed by atoms with Crippen LogP contribution in [0.25, 0.3) is 0 Å². The third kappa shape index (κ3) is 7.65. The number of nitro groups is 1. The Labute approximate surface area is 217 Å². The molecule has 0 radical (unpaired) electrons. The van der Waals surface area contributed by atoms with Crippen LogP contribution in [-0.4, -0.2) is 66.7 Å². The molecule has 0 spiro atoms. The summed E-state index contributed by atoms with van der Waals surface area (Å²) in [6.45, 7) is 1.39. The number of carbonyl (C=O) groups is 2. The predicted octanol–water partition coefficient (Wildman–Crippen LogP) is 1.60. The molecule has 2 N–H and O–H groups in total. The summed E-state index contributed by atoms with van der Waals surface area (Å²) in [6, 6.07) is 10.2. The third-order valence-corrected chi connectivity index (χ3v) is 5.99. The van der Waals surface area contributed by atoms with Crippen molar-refractivity contribution in [2.45, 2.75) is 18.4 Å². The Balaban J connectivity index is 0.000000384. The lowest BCUT2D eigenvalue weighted by Gasteiger charge is -2.17. The standard InChI is InChI=1S/C15H17N5O6S.C7H7NO3/c1-9-16-13(18-14(17-9)26-4)20(2)15(22)19-27(23,24)11-8-6-5-7-10(11)12(21)25-3;9-5-6-2-1-3-7(4-6)8(10)11/h5-8H,1-4H3,(H,19,22);1-4,9H,5H2. The van der Waals surface area contributed by atoms with Gasteiger partial charge in [0.25, 0.3) is 15.7 Å². The van der Waals surface area contributed by atoms with Gasteiger partial charge < -0.3 is 14.6 Å². The normalized spacial score (nSPS) is 10.4. The van der Waals surface area contributed by atoms with Crippen molar-refractivity contribution in [3.63, 3.8) is 0 Å². The third-order valence-electron chi connectivity index (χ3n) is 4.61. The van der Waals surface area contributed by atoms with Crippen LogP contribution in [0.1, 0.15) is 21.7 Å². The van der Waals surface area contributed by atoms with Gasteiger partial charge >= 0.3 is 18.0 Å². The van der Waals surface area contributed by atoms with Crippen LogP contribution in [0, 0.1) is 17.0 Å². The number of aliphatic hydroxyl groups is 1. The van der Waals surface area contributed by atoms with Crippen LogP contribution in [0.5, 0.6) is 6.01 Å². The monoisotopic (exact) mass is 548 g/mol. The number of urea groups is 1. The number of ether oxygens (including phenoxy) is 2. The average molecular weight is 549 g/mol. The second kappa shape index (κ2) is 13.0. The number of hydrogen-bond acceptors (Lipinski definition) is 12. The number of methoxy groups -OCH3 is 2. The Hall–Kier alpha value is -4.70. The molecule has 0 atom stereocenters. The number of non-ortho nitro benzene ring substituents is 1. The average Bonchev–Trinajstić information content (AvgIpc) is 2.91. The summed E-state index contributed by atoms with van der Waals surface area (Å²) in [6.07, 6.45) is 0. The molecule has 1 aromatic heterocycles. The van der Waals surface area contributed by atoms with Crippen molar-refractivity contribution in [1.82, 2.24) is 19.7 Å². The van der Waals surface area contributed by atoms with Gasteiger partial charge in [0.1, 0.15) is 10.7 Å². The fourth-order valence-electron chi connectivity index (χ4n) is 2.76. The van der Waals surface area contributed by atoms with Gasteiger partial charge in [-0.15, -0.1) is 0 Å². The lowest BCUT2D eigenvalue weighted by molar-refractivity contribution is -0.384. The highest BCUT2D eigenvalue weighted by Crippen LogP contribution is 2.17. The first-order valence-electron chi connectivity index (χ1n) is 10.5. The van der Waals surface area contributed by atoms with E-state index in [1.54, 1.807) is 19.1 Å². The zero-order chi connectivity index (χ0) is 28.5. The molecule has 16 heteroatoms. The lowest BCUT2D eigenvalue weighted by Crippen LogP contribution is -2.42. The Bertz CT molecular complexity index is 1430. The number of aliphatic hydroxyl groups excluding tert-OH is 1. The largest absolute Gasteiger partial charge is 0.467 e. The first-order valence-corrected chi connectivity index (χ1v) is 12.0. The highest BCUT2D eigenvalue weighted by Gasteiger charge is 2.27. The van der Waals surface area contributed by atoms with Crippen LogP contribution in [-0.2, 0) is 21.4 Å². The predicted molar refractivity (Wildman–Crippen MR) is 132 cm³/mol. The van der Waals surface area contributed by atoms with E-state index in [2.05, 4.69) is 19.7 Å². The molecule has 0 aliphatic carbocycles. The van der Waals surface area contributed by atoms with E-state index in [-0.39, 0.29) is 35.6 Å². The SMILES string of the molecule is COC(=O)c1ccccc1S(=O)(=O)NC(=O)N(C)c1nc(C)nc(OC)n1.O=[N+]([O-])c1cccc(CO)c1. The van der Waals surface area contributed by atoms with E-state index in [4.69, 9.17) is 9.84 Å². The molecule has 202 valence electrons. The maximum atomic E-state index is 12.6. The van der Waals surface area contributed by atoms with Crippen molar-refractivity contribution in [3.05, 3.63) is 75.6 Å². The van der Waals surface area contributed by atoms with Crippen LogP contribution in [0.15, 0.2) is 53.4 Å². The smallest absolute Gasteiger partial charge is 0.339 e. The molecular formula is C22H24N6O9S. The van der Waals surface area contributed by atoms with Crippen molar-refractivity contribution >= 4 is 33.7 Å². The molecule has 38 heavy (non-hydrogen) atoms. The Morgan fingerprint density at radius 1 is 1.11 bits per heavy atom. The number of amides is 2. The van der Waals surface area contributed by atoms with E-state index in [1.165, 1.54) is 50.6 Å². The maximum absolute atomic E-state index is 12.6. The van der Waals surface area contributed by atoms with Crippen LogP contribution in [0.3, 0.4) is 0 Å². The molecule has 2 amide bonds. The summed E-state index contributed by atoms with van der Waals surface area (Å²) in [7, 11) is -0.640. The zero-order valence-corrected chi connectivity index (χ0v) is 21.5. The van der Waals surface area contributed by atoms with Gasteiger partial charge in [-0.3, -0.25) is 15.0 Å². The molecule has 0 unspecified atom stereocenters. The number of sulfonamides is 1. The second-order valence-electron chi connectivity index (χ2n) is 7.21. The molecule has 0 saturated heterocycles. The molecule has 15 nitrogen and oxygen atoms in total. The Morgan fingerprint density at radius 2 is 1.79 bits per heavy atom. The Morgan fingerprint density at radius 3 is 2.39 bits per heavy atom. The Kier molecular flexibility index (Phi) is 10.1. The summed E-state index contributed by atoms with van der Waals surface area (Å²) in [5.41, 5.74) is 0.358. The number of nitrogens with one attached hydrogen (secondary N) is 1. The van der Waals surface area contributed by atoms with E-state index < -0.39 is 31.8 Å². The minimum absolute atomic E-state index is 0.0107. The van der Waals surface area contributed by atoms with E-state index >= 15 is 0 Å². The summed E-state index contributed by atoms with van der Waals surface area (Å²) in [5.74, 6) is -0.696. The molecule has 0 saturated carbocycles. The molecule has 0 aliphatic heterocycles. The van der Waals surface area contributed by atoms with E-state index in [0.717, 1.165) is 12.0 Å². The molecule has 0 aliphatic rings. The number of nitrogens with zero attached hydrogens (tertiary/aromatic N) is 5. The maximum Gasteiger partial charge on any atom is 0.339 e. The van der Waals surface area contributed by atoms with E-state index in [1.807, 2.05) is 4.72 Å². The summed E-state index contributed by atoms with van der Waals surface area (Å²) in [5, 5.41) is 18.8. The molecule has 1 heterocycles. The van der Waals surface area contributed by atoms with Crippen LogP contribution in [0.2, 0.25) is 0 Å². The summed E-state index contributed by atoms with van der Waals surface area (Å²) < 4.78 is 36.5. The van der Waals surface area contributed by atoms with Crippen LogP contribution in [0.4, 0.5) is 16.4 Å². The van der Waals surface area contributed by atoms with Crippen molar-refractivity contribution in [2.75, 3.05) is 26.2 Å². The molecule has 3 aromatic rings. The van der Waals surface area contributed by atoms with Crippen molar-refractivity contribution < 1.29 is 37.5 Å². The van der Waals surface area contributed by atoms with Crippen molar-refractivity contribution in [3.8, 4) is 6.01 Å². The van der Waals surface area contributed by atoms with Crippen molar-refractivity contribution in [2.24, 2.45) is 0 Å². The zero-order valence-electron chi connectivity index (χ0n) is 20.7. The van der Waals surface area contributed by atoms with Gasteiger partial charge in [0.15, 0.2) is 0 Å². The number of esters is 1. The molecule has 0 fully saturated rings. The van der Waals surface area contributed by atoms with Crippen LogP contribution >= 0.6 is 0 Å². The van der Waals surface area contributed by atoms with E-state index in [0.29, 0.717) is 5.56 Å². The fourth-order valence-corrected chi connectivity index (χ4v) is 3.94. The van der Waals surface area contributed by atoms with Gasteiger partial charge in [-0.05, 0) is 24.6 Å². The first kappa shape index (κ1) is 29.5. The summed E-state index contributed by atoms with van der Waals surface area (Å²) >= 11 is 0. The minimum Gasteiger partial charge on any atom is -0.467 e. The fraction of sp³-hybridized carbons (Fsp3) is 0.227. The van der Waals surface area contributed by atoms with Gasteiger partial charge in [0.05, 0.1) is 31.3 Å². The molecule has 0 bridgehead atoms. The number of benzene rings is 2. The van der Waals surface area contributed by atoms with Gasteiger partial charge in [0, 0.05) is 19.2 Å². The number of hydrogen-bond donors (Lipinski definition) is 2. The number of anilines is 1. The van der Waals surface area contributed by atoms with Crippen LogP contribution < -0.4 is 14.4 Å². The summed E-state index contributed by atoms with van der Waals surface area (Å²) in [4.78, 5) is 46.1. The number of nitro benzene ring substituents is 1. The quantitative estimate of drug-likeness (QED) is 0.245. The van der Waals surface area contributed by atoms with E-state index in [9.17, 15) is 28.1 Å². The van der Waals surface area contributed by atoms with Gasteiger partial charge in [-0.25, -0.2) is 22.7 Å². The highest BCUT2D eigenvalue weighted by atomic mass is 32.2. The van der Waals surface area contributed by atoms with Gasteiger partial charge in [0.2, 0.25) is 5.95 Å².